The second kappa shape index (κ2) is 10.2. The maximum absolute atomic E-state index is 7.60. The van der Waals surface area contributed by atoms with Gasteiger partial charge in [0, 0.05) is 32.9 Å². The number of aromatic nitrogens is 2. The topological polar surface area (TPSA) is 14.2 Å². The van der Waals surface area contributed by atoms with Crippen LogP contribution in [0.5, 0.6) is 0 Å². The fourth-order valence-electron chi connectivity index (χ4n) is 7.67. The van der Waals surface area contributed by atoms with Crippen LogP contribution in [-0.4, -0.2) is 9.13 Å². The van der Waals surface area contributed by atoms with E-state index in [2.05, 4.69) is 166 Å². The highest BCUT2D eigenvalue weighted by Gasteiger charge is 2.16. The lowest BCUT2D eigenvalue weighted by Gasteiger charge is -2.12. The van der Waals surface area contributed by atoms with Gasteiger partial charge in [0.1, 0.15) is 0 Å². The average molecular weight is 610 g/mol. The van der Waals surface area contributed by atoms with E-state index in [0.29, 0.717) is 5.69 Å². The lowest BCUT2D eigenvalue weighted by Crippen LogP contribution is -1.94. The molecule has 8 aromatic carbocycles. The Morgan fingerprint density at radius 2 is 0.917 bits per heavy atom. The van der Waals surface area contributed by atoms with Gasteiger partial charge in [-0.1, -0.05) is 103 Å². The summed E-state index contributed by atoms with van der Waals surface area (Å²) >= 11 is 0. The van der Waals surface area contributed by atoms with Gasteiger partial charge in [-0.25, -0.2) is 4.85 Å². The smallest absolute Gasteiger partial charge is 0.187 e. The van der Waals surface area contributed by atoms with Gasteiger partial charge in [-0.2, -0.15) is 0 Å². The number of fused-ring (bicyclic) bond motifs is 9. The zero-order chi connectivity index (χ0) is 31.8. The molecule has 3 heteroatoms. The van der Waals surface area contributed by atoms with Crippen molar-refractivity contribution in [3.05, 3.63) is 175 Å². The van der Waals surface area contributed by atoms with Crippen LogP contribution in [0, 0.1) is 6.57 Å². The molecule has 2 heterocycles. The predicted octanol–water partition coefficient (Wildman–Crippen LogP) is 12.4. The van der Waals surface area contributed by atoms with Crippen molar-refractivity contribution in [3.8, 4) is 22.5 Å². The summed E-state index contributed by atoms with van der Waals surface area (Å²) in [4.78, 5) is 3.72. The number of nitrogens with zero attached hydrogens (tertiary/aromatic N) is 3. The van der Waals surface area contributed by atoms with Gasteiger partial charge in [-0.15, -0.1) is 0 Å². The number of rotatable bonds is 3. The number of benzene rings is 8. The van der Waals surface area contributed by atoms with E-state index < -0.39 is 0 Å². The van der Waals surface area contributed by atoms with Gasteiger partial charge in [0.2, 0.25) is 0 Å². The summed E-state index contributed by atoms with van der Waals surface area (Å²) in [6, 6.07) is 58.7. The lowest BCUT2D eigenvalue weighted by molar-refractivity contribution is 1.18. The summed E-state index contributed by atoms with van der Waals surface area (Å²) in [7, 11) is 0. The first-order valence-corrected chi connectivity index (χ1v) is 16.2. The maximum atomic E-state index is 7.60. The molecule has 0 saturated heterocycles. The Hall–Kier alpha value is -6.63. The molecule has 0 atom stereocenters. The number of hydrogen-bond donors (Lipinski definition) is 0. The van der Waals surface area contributed by atoms with Crippen molar-refractivity contribution in [2.45, 2.75) is 0 Å². The second-order valence-corrected chi connectivity index (χ2v) is 12.5. The zero-order valence-corrected chi connectivity index (χ0v) is 25.9. The summed E-state index contributed by atoms with van der Waals surface area (Å²) in [5.41, 5.74) is 10.0. The van der Waals surface area contributed by atoms with E-state index in [1.807, 2.05) is 12.1 Å². The van der Waals surface area contributed by atoms with Crippen molar-refractivity contribution >= 4 is 70.8 Å². The monoisotopic (exact) mass is 609 g/mol. The molecule has 0 unspecified atom stereocenters. The molecule has 0 saturated carbocycles. The quantitative estimate of drug-likeness (QED) is 0.140. The second-order valence-electron chi connectivity index (χ2n) is 12.5. The molecule has 0 aliphatic carbocycles. The summed E-state index contributed by atoms with van der Waals surface area (Å²) in [5.74, 6) is 0. The highest BCUT2D eigenvalue weighted by molar-refractivity contribution is 6.13. The van der Waals surface area contributed by atoms with Gasteiger partial charge in [0.05, 0.1) is 28.6 Å². The third-order valence-corrected chi connectivity index (χ3v) is 9.89. The Bertz CT molecular complexity index is 2950. The standard InChI is InChI=1S/C45H27N3/c1-46-33-21-17-29-15-16-30-18-22-35(28-40(30)39(29)27-33)48-42-13-7-5-11-36(42)38-23-19-32(26-45(38)48)31-20-24-44-41(25-31)37-12-6-8-14-43(37)47(44)34-9-3-2-4-10-34/h2-28H. The van der Waals surface area contributed by atoms with E-state index in [4.69, 9.17) is 6.57 Å². The van der Waals surface area contributed by atoms with Crippen LogP contribution in [0.4, 0.5) is 5.69 Å². The number of hydrogen-bond acceptors (Lipinski definition) is 0. The van der Waals surface area contributed by atoms with E-state index >= 15 is 0 Å². The lowest BCUT2D eigenvalue weighted by atomic mass is 10.0. The third kappa shape index (κ3) is 3.87. The molecule has 222 valence electrons. The Kier molecular flexibility index (Phi) is 5.64. The SMILES string of the molecule is [C-]#[N+]c1ccc2ccc3ccc(-n4c5ccccc5c5ccc(-c6ccc7c(c6)c6ccccc6n7-c6ccccc6)cc54)cc3c2c1. The summed E-state index contributed by atoms with van der Waals surface area (Å²) in [6.07, 6.45) is 0. The molecular weight excluding hydrogens is 583 g/mol. The molecule has 0 amide bonds. The molecule has 0 aliphatic heterocycles. The van der Waals surface area contributed by atoms with Crippen molar-refractivity contribution < 1.29 is 0 Å². The summed E-state index contributed by atoms with van der Waals surface area (Å²) < 4.78 is 4.75. The first-order chi connectivity index (χ1) is 23.7. The maximum Gasteiger partial charge on any atom is 0.187 e. The molecular formula is C45H27N3. The summed E-state index contributed by atoms with van der Waals surface area (Å²) in [6.45, 7) is 7.60. The normalized spacial score (nSPS) is 11.7. The molecule has 0 aliphatic rings. The van der Waals surface area contributed by atoms with Gasteiger partial charge in [-0.05, 0) is 93.3 Å². The van der Waals surface area contributed by atoms with Crippen LogP contribution in [0.3, 0.4) is 0 Å². The summed E-state index contributed by atoms with van der Waals surface area (Å²) in [5, 5.41) is 9.51. The first-order valence-electron chi connectivity index (χ1n) is 16.2. The van der Waals surface area contributed by atoms with Crippen LogP contribution in [-0.2, 0) is 0 Å². The van der Waals surface area contributed by atoms with Crippen LogP contribution in [0.15, 0.2) is 164 Å². The zero-order valence-electron chi connectivity index (χ0n) is 25.9. The van der Waals surface area contributed by atoms with Crippen LogP contribution in [0.25, 0.3) is 92.5 Å². The van der Waals surface area contributed by atoms with Crippen LogP contribution < -0.4 is 0 Å². The first kappa shape index (κ1) is 26.6. The van der Waals surface area contributed by atoms with E-state index in [0.717, 1.165) is 32.9 Å². The van der Waals surface area contributed by atoms with Crippen molar-refractivity contribution in [1.29, 1.82) is 0 Å². The third-order valence-electron chi connectivity index (χ3n) is 9.89. The fourth-order valence-corrected chi connectivity index (χ4v) is 7.67. The largest absolute Gasteiger partial charge is 0.309 e. The minimum absolute atomic E-state index is 0.658. The molecule has 0 fully saturated rings. The van der Waals surface area contributed by atoms with Gasteiger partial charge >= 0.3 is 0 Å². The Labute approximate surface area is 276 Å². The van der Waals surface area contributed by atoms with E-state index in [-0.39, 0.29) is 0 Å². The van der Waals surface area contributed by atoms with Crippen LogP contribution in [0.2, 0.25) is 0 Å². The minimum atomic E-state index is 0.658. The van der Waals surface area contributed by atoms with Crippen molar-refractivity contribution in [2.24, 2.45) is 0 Å². The molecule has 0 bridgehead atoms. The molecule has 0 radical (unpaired) electrons. The molecule has 48 heavy (non-hydrogen) atoms. The molecule has 3 nitrogen and oxygen atoms in total. The highest BCUT2D eigenvalue weighted by Crippen LogP contribution is 2.39. The number of para-hydroxylation sites is 3. The predicted molar refractivity (Wildman–Crippen MR) is 202 cm³/mol. The van der Waals surface area contributed by atoms with Crippen LogP contribution >= 0.6 is 0 Å². The Morgan fingerprint density at radius 1 is 0.354 bits per heavy atom. The van der Waals surface area contributed by atoms with E-state index in [1.165, 1.54) is 54.7 Å². The van der Waals surface area contributed by atoms with Crippen molar-refractivity contribution in [3.63, 3.8) is 0 Å². The highest BCUT2D eigenvalue weighted by atomic mass is 15.0. The van der Waals surface area contributed by atoms with Crippen molar-refractivity contribution in [1.82, 2.24) is 9.13 Å². The molecule has 0 spiro atoms. The van der Waals surface area contributed by atoms with Gasteiger partial charge in [0.15, 0.2) is 5.69 Å². The fraction of sp³-hybridized carbons (Fsp3) is 0. The Balaban J connectivity index is 1.21. The van der Waals surface area contributed by atoms with Gasteiger partial charge in [0.25, 0.3) is 0 Å². The van der Waals surface area contributed by atoms with Crippen molar-refractivity contribution in [2.75, 3.05) is 0 Å². The molecule has 2 aromatic heterocycles. The van der Waals surface area contributed by atoms with Crippen LogP contribution in [0.1, 0.15) is 0 Å². The molecule has 10 rings (SSSR count). The van der Waals surface area contributed by atoms with E-state index in [9.17, 15) is 0 Å². The molecule has 0 N–H and O–H groups in total. The van der Waals surface area contributed by atoms with Gasteiger partial charge in [-0.3, -0.25) is 0 Å². The molecule has 10 aromatic rings. The van der Waals surface area contributed by atoms with E-state index in [1.54, 1.807) is 0 Å². The van der Waals surface area contributed by atoms with Gasteiger partial charge < -0.3 is 9.13 Å². The Morgan fingerprint density at radius 3 is 1.69 bits per heavy atom. The average Bonchev–Trinajstić information content (AvgIpc) is 3.67. The minimum Gasteiger partial charge on any atom is -0.309 e.